The number of esters is 2. The monoisotopic (exact) mass is 674 g/mol. The van der Waals surface area contributed by atoms with Gasteiger partial charge in [0.25, 0.3) is 0 Å². The summed E-state index contributed by atoms with van der Waals surface area (Å²) in [7, 11) is 0. The van der Waals surface area contributed by atoms with Crippen molar-refractivity contribution in [1.82, 2.24) is 5.32 Å². The Morgan fingerprint density at radius 3 is 1.49 bits per heavy atom. The second kappa shape index (κ2) is 26.6. The normalized spacial score (nSPS) is 11.6. The molecule has 0 aromatic rings. The summed E-state index contributed by atoms with van der Waals surface area (Å²) < 4.78 is 9.92. The van der Waals surface area contributed by atoms with Crippen LogP contribution in [0.4, 0.5) is 0 Å². The van der Waals surface area contributed by atoms with Gasteiger partial charge in [0.1, 0.15) is 23.3 Å². The Morgan fingerprint density at radius 1 is 0.702 bits per heavy atom. The van der Waals surface area contributed by atoms with E-state index in [1.807, 2.05) is 0 Å². The molecule has 2 unspecified atom stereocenters. The van der Waals surface area contributed by atoms with Crippen molar-refractivity contribution in [3.63, 3.8) is 0 Å². The number of aliphatic carboxylic acids is 3. The summed E-state index contributed by atoms with van der Waals surface area (Å²) in [5.41, 5.74) is 19.8. The number of rotatable bonds is 19. The SMILES string of the molecule is CC(C)(C)OC(=O)CC(N)C(=O)O.CC(C)(C)OC(=O)CC(NC(=O)CCCCCN=[N+]=[N-])C(=O)O.[N-]=[N+]=NCCCCCC(=O)O. The zero-order valence-corrected chi connectivity index (χ0v) is 28.0. The lowest BCUT2D eigenvalue weighted by Gasteiger charge is -2.21. The highest BCUT2D eigenvalue weighted by atomic mass is 16.6. The van der Waals surface area contributed by atoms with Gasteiger partial charge in [-0.1, -0.05) is 23.1 Å². The second-order valence-electron chi connectivity index (χ2n) is 11.9. The predicted molar refractivity (Wildman–Crippen MR) is 169 cm³/mol. The van der Waals surface area contributed by atoms with Crippen LogP contribution >= 0.6 is 0 Å². The number of hydrogen-bond acceptors (Lipinski definition) is 11. The molecule has 6 N–H and O–H groups in total. The number of carboxylic acid groups (broad SMARTS) is 3. The Bertz CT molecular complexity index is 1090. The third-order valence-corrected chi connectivity index (χ3v) is 4.99. The average molecular weight is 675 g/mol. The van der Waals surface area contributed by atoms with E-state index in [1.165, 1.54) is 0 Å². The summed E-state index contributed by atoms with van der Waals surface area (Å²) in [5.74, 6) is -4.97. The first-order chi connectivity index (χ1) is 21.6. The van der Waals surface area contributed by atoms with Gasteiger partial charge in [-0.15, -0.1) is 0 Å². The number of carboxylic acids is 3. The van der Waals surface area contributed by atoms with E-state index >= 15 is 0 Å². The predicted octanol–water partition coefficient (Wildman–Crippen LogP) is 4.23. The smallest absolute Gasteiger partial charge is 0.326 e. The minimum atomic E-state index is -1.31. The second-order valence-corrected chi connectivity index (χ2v) is 11.9. The van der Waals surface area contributed by atoms with Crippen molar-refractivity contribution in [2.45, 2.75) is 129 Å². The molecular weight excluding hydrogens is 624 g/mol. The first-order valence-corrected chi connectivity index (χ1v) is 14.8. The summed E-state index contributed by atoms with van der Waals surface area (Å²) in [6.45, 7) is 11.0. The van der Waals surface area contributed by atoms with Crippen molar-refractivity contribution >= 4 is 35.8 Å². The molecule has 0 aromatic carbocycles. The molecule has 0 aliphatic heterocycles. The number of amides is 1. The van der Waals surface area contributed by atoms with Crippen molar-refractivity contribution in [2.75, 3.05) is 13.1 Å². The molecule has 19 heteroatoms. The highest BCUT2D eigenvalue weighted by molar-refractivity contribution is 5.87. The van der Waals surface area contributed by atoms with Crippen LogP contribution in [0.25, 0.3) is 20.9 Å². The van der Waals surface area contributed by atoms with Crippen LogP contribution in [0.1, 0.15) is 106 Å². The van der Waals surface area contributed by atoms with E-state index < -0.39 is 65.5 Å². The molecule has 0 spiro atoms. The molecule has 2 atom stereocenters. The summed E-state index contributed by atoms with van der Waals surface area (Å²) in [6.07, 6.45) is 3.78. The van der Waals surface area contributed by atoms with Gasteiger partial charge in [-0.05, 0) is 78.3 Å². The summed E-state index contributed by atoms with van der Waals surface area (Å²) in [6, 6.07) is -2.49. The van der Waals surface area contributed by atoms with E-state index in [4.69, 9.17) is 41.6 Å². The van der Waals surface area contributed by atoms with Crippen LogP contribution in [0.2, 0.25) is 0 Å². The standard InChI is InChI=1S/C14H24N4O5.C8H15NO4.C6H11N3O2/c1-14(2,3)23-12(20)9-10(13(21)22)17-11(19)7-5-4-6-8-16-18-15;1-8(2,3)13-6(10)4-5(9)7(11)12;7-9-8-5-3-1-2-4-6(10)11/h10H,4-9H2,1-3H3,(H,17,19)(H,21,22);5H,4,9H2,1-3H3,(H,11,12);1-5H2,(H,10,11). The lowest BCUT2D eigenvalue weighted by molar-refractivity contribution is -0.158. The van der Waals surface area contributed by atoms with E-state index in [2.05, 4.69) is 25.4 Å². The average Bonchev–Trinajstić information content (AvgIpc) is 2.90. The fourth-order valence-corrected chi connectivity index (χ4v) is 3.04. The maximum atomic E-state index is 11.7. The summed E-state index contributed by atoms with van der Waals surface area (Å²) in [4.78, 5) is 70.9. The molecule has 47 heavy (non-hydrogen) atoms. The maximum Gasteiger partial charge on any atom is 0.326 e. The number of hydrogen-bond donors (Lipinski definition) is 5. The topological polar surface area (TPSA) is 317 Å². The van der Waals surface area contributed by atoms with Crippen LogP contribution in [0.5, 0.6) is 0 Å². The van der Waals surface area contributed by atoms with Gasteiger partial charge in [-0.2, -0.15) is 0 Å². The Balaban J connectivity index is -0.000000681. The zero-order valence-electron chi connectivity index (χ0n) is 28.0. The molecule has 0 saturated carbocycles. The lowest BCUT2D eigenvalue weighted by Crippen LogP contribution is -2.43. The maximum absolute atomic E-state index is 11.7. The van der Waals surface area contributed by atoms with Gasteiger partial charge in [0.2, 0.25) is 5.91 Å². The number of unbranched alkanes of at least 4 members (excludes halogenated alkanes) is 4. The quantitative estimate of drug-likeness (QED) is 0.0422. The fourth-order valence-electron chi connectivity index (χ4n) is 3.04. The van der Waals surface area contributed by atoms with Gasteiger partial charge in [0.15, 0.2) is 0 Å². The van der Waals surface area contributed by atoms with Gasteiger partial charge in [0, 0.05) is 35.8 Å². The molecule has 268 valence electrons. The number of carbonyl (C=O) groups excluding carboxylic acids is 3. The molecule has 0 fully saturated rings. The van der Waals surface area contributed by atoms with Gasteiger partial charge in [-0.3, -0.25) is 24.0 Å². The number of ether oxygens (including phenoxy) is 2. The Labute approximate surface area is 273 Å². The molecule has 19 nitrogen and oxygen atoms in total. The first kappa shape index (κ1) is 46.8. The van der Waals surface area contributed by atoms with Crippen molar-refractivity contribution in [1.29, 1.82) is 0 Å². The molecule has 0 heterocycles. The highest BCUT2D eigenvalue weighted by Gasteiger charge is 2.26. The number of carbonyl (C=O) groups is 6. The van der Waals surface area contributed by atoms with Crippen molar-refractivity contribution in [2.24, 2.45) is 16.0 Å². The minimum Gasteiger partial charge on any atom is -0.481 e. The van der Waals surface area contributed by atoms with Crippen molar-refractivity contribution < 1.29 is 53.6 Å². The third-order valence-electron chi connectivity index (χ3n) is 4.99. The molecule has 1 amide bonds. The third kappa shape index (κ3) is 37.5. The number of nitrogens with zero attached hydrogens (tertiary/aromatic N) is 6. The molecule has 0 rings (SSSR count). The van der Waals surface area contributed by atoms with E-state index in [9.17, 15) is 28.8 Å². The first-order valence-electron chi connectivity index (χ1n) is 14.8. The Morgan fingerprint density at radius 2 is 1.13 bits per heavy atom. The summed E-state index contributed by atoms with van der Waals surface area (Å²) >= 11 is 0. The zero-order chi connectivity index (χ0) is 37.1. The van der Waals surface area contributed by atoms with E-state index in [0.717, 1.165) is 12.8 Å². The molecule has 0 bridgehead atoms. The summed E-state index contributed by atoms with van der Waals surface area (Å²) in [5, 5.41) is 34.7. The van der Waals surface area contributed by atoms with Crippen LogP contribution in [0.15, 0.2) is 10.2 Å². The minimum absolute atomic E-state index is 0.147. The number of nitrogens with two attached hydrogens (primary N) is 1. The Hall–Kier alpha value is -4.60. The van der Waals surface area contributed by atoms with Crippen LogP contribution in [-0.2, 0) is 38.2 Å². The molecule has 0 saturated heterocycles. The molecule has 0 aromatic heterocycles. The van der Waals surface area contributed by atoms with Gasteiger partial charge < -0.3 is 35.8 Å². The fraction of sp³-hybridized carbons (Fsp3) is 0.786. The number of nitrogens with one attached hydrogen (secondary N) is 1. The van der Waals surface area contributed by atoms with E-state index in [1.54, 1.807) is 41.5 Å². The molecule has 0 aliphatic carbocycles. The van der Waals surface area contributed by atoms with Crippen LogP contribution in [0, 0.1) is 0 Å². The van der Waals surface area contributed by atoms with Gasteiger partial charge >= 0.3 is 29.8 Å². The van der Waals surface area contributed by atoms with Crippen LogP contribution in [0.3, 0.4) is 0 Å². The Kier molecular flexibility index (Phi) is 26.5. The lowest BCUT2D eigenvalue weighted by atomic mass is 10.1. The number of azide groups is 2. The van der Waals surface area contributed by atoms with Crippen molar-refractivity contribution in [3.05, 3.63) is 20.9 Å². The van der Waals surface area contributed by atoms with Gasteiger partial charge in [-0.25, -0.2) is 4.79 Å². The van der Waals surface area contributed by atoms with Crippen LogP contribution in [-0.4, -0.2) is 87.4 Å². The molecular formula is C28H50N8O11. The van der Waals surface area contributed by atoms with E-state index in [-0.39, 0.29) is 19.3 Å². The van der Waals surface area contributed by atoms with Crippen molar-refractivity contribution in [3.8, 4) is 0 Å². The van der Waals surface area contributed by atoms with Crippen LogP contribution < -0.4 is 11.1 Å². The van der Waals surface area contributed by atoms with Gasteiger partial charge in [0.05, 0.1) is 12.8 Å². The highest BCUT2D eigenvalue weighted by Crippen LogP contribution is 2.10. The molecule has 0 radical (unpaired) electrons. The molecule has 0 aliphatic rings. The van der Waals surface area contributed by atoms with E-state index in [0.29, 0.717) is 38.8 Å². The largest absolute Gasteiger partial charge is 0.481 e.